The number of benzene rings is 10. The maximum Gasteiger partial charge on any atom is 0.142 e. The van der Waals surface area contributed by atoms with Crippen LogP contribution < -0.4 is 4.90 Å². The zero-order valence-corrected chi connectivity index (χ0v) is 33.2. The zero-order valence-electron chi connectivity index (χ0n) is 33.2. The number of rotatable bonds is 7. The fraction of sp³-hybridized carbons (Fsp3) is 0. The van der Waals surface area contributed by atoms with Crippen LogP contribution in [0.5, 0.6) is 0 Å². The SMILES string of the molecule is c1ccc(-c2cc3ccc4cc(-c5ccc(N(c6ccc(-c7ccc8ccccc8c7)cc6)c6ccc7c(c6)c6ccccc6n7-c6ccccc6)cc5)ccc4c3o2)cc1. The second-order valence-corrected chi connectivity index (χ2v) is 15.8. The van der Waals surface area contributed by atoms with Crippen LogP contribution in [0, 0.1) is 0 Å². The molecule has 3 heteroatoms. The van der Waals surface area contributed by atoms with E-state index in [-0.39, 0.29) is 0 Å². The second-order valence-electron chi connectivity index (χ2n) is 15.8. The number of furan rings is 1. The summed E-state index contributed by atoms with van der Waals surface area (Å²) in [6.07, 6.45) is 0. The van der Waals surface area contributed by atoms with Crippen molar-refractivity contribution in [1.82, 2.24) is 4.57 Å². The van der Waals surface area contributed by atoms with E-state index in [0.29, 0.717) is 0 Å². The van der Waals surface area contributed by atoms with Gasteiger partial charge in [0, 0.05) is 49.9 Å². The summed E-state index contributed by atoms with van der Waals surface area (Å²) in [7, 11) is 0. The molecule has 286 valence electrons. The van der Waals surface area contributed by atoms with Gasteiger partial charge in [0.25, 0.3) is 0 Å². The summed E-state index contributed by atoms with van der Waals surface area (Å²) < 4.78 is 8.83. The molecule has 0 fully saturated rings. The third kappa shape index (κ3) is 6.06. The first-order valence-electron chi connectivity index (χ1n) is 20.8. The van der Waals surface area contributed by atoms with Gasteiger partial charge in [-0.2, -0.15) is 0 Å². The van der Waals surface area contributed by atoms with Gasteiger partial charge in [0.15, 0.2) is 0 Å². The molecule has 0 amide bonds. The van der Waals surface area contributed by atoms with Gasteiger partial charge >= 0.3 is 0 Å². The van der Waals surface area contributed by atoms with Gasteiger partial charge in [-0.15, -0.1) is 0 Å². The average molecular weight is 779 g/mol. The zero-order chi connectivity index (χ0) is 40.3. The van der Waals surface area contributed by atoms with Crippen molar-refractivity contribution in [1.29, 1.82) is 0 Å². The van der Waals surface area contributed by atoms with E-state index in [9.17, 15) is 0 Å². The van der Waals surface area contributed by atoms with E-state index in [1.165, 1.54) is 43.7 Å². The number of para-hydroxylation sites is 2. The number of hydrogen-bond acceptors (Lipinski definition) is 2. The summed E-state index contributed by atoms with van der Waals surface area (Å²) in [4.78, 5) is 2.38. The number of nitrogens with zero attached hydrogens (tertiary/aromatic N) is 2. The Labute approximate surface area is 353 Å². The Morgan fingerprint density at radius 2 is 0.869 bits per heavy atom. The lowest BCUT2D eigenvalue weighted by Crippen LogP contribution is -2.10. The van der Waals surface area contributed by atoms with Crippen molar-refractivity contribution >= 4 is 71.4 Å². The Balaban J connectivity index is 0.950. The van der Waals surface area contributed by atoms with E-state index in [1.54, 1.807) is 0 Å². The van der Waals surface area contributed by atoms with E-state index in [2.05, 4.69) is 222 Å². The van der Waals surface area contributed by atoms with Crippen LogP contribution in [-0.2, 0) is 0 Å². The van der Waals surface area contributed by atoms with Gasteiger partial charge < -0.3 is 13.9 Å². The third-order valence-electron chi connectivity index (χ3n) is 12.2. The Bertz CT molecular complexity index is 3560. The largest absolute Gasteiger partial charge is 0.455 e. The van der Waals surface area contributed by atoms with Gasteiger partial charge in [-0.1, -0.05) is 146 Å². The standard InChI is InChI=1S/C58H38N2O/c1-3-12-42(13-4-1)57-37-47-22-21-46-36-45(27-33-52(46)58(47)61-57)41-25-30-50(31-26-41)59(49-28-23-40(24-29-49)44-20-19-39-11-7-8-14-43(39)35-44)51-32-34-56-54(38-51)53-17-9-10-18-55(53)60(56)48-15-5-2-6-16-48/h1-38H. The number of fused-ring (bicyclic) bond motifs is 7. The molecule has 12 rings (SSSR count). The van der Waals surface area contributed by atoms with Gasteiger partial charge in [-0.25, -0.2) is 0 Å². The maximum atomic E-state index is 6.46. The molecule has 2 heterocycles. The van der Waals surface area contributed by atoms with E-state index in [0.717, 1.165) is 66.9 Å². The van der Waals surface area contributed by atoms with Crippen LogP contribution in [-0.4, -0.2) is 4.57 Å². The maximum absolute atomic E-state index is 6.46. The average Bonchev–Trinajstić information content (AvgIpc) is 3.92. The van der Waals surface area contributed by atoms with Crippen molar-refractivity contribution in [2.45, 2.75) is 0 Å². The van der Waals surface area contributed by atoms with Gasteiger partial charge in [0.05, 0.1) is 11.0 Å². The minimum absolute atomic E-state index is 0.886. The fourth-order valence-corrected chi connectivity index (χ4v) is 9.13. The van der Waals surface area contributed by atoms with Crippen LogP contribution in [0.4, 0.5) is 17.1 Å². The minimum atomic E-state index is 0.886. The topological polar surface area (TPSA) is 21.3 Å². The highest BCUT2D eigenvalue weighted by molar-refractivity contribution is 6.11. The molecule has 0 N–H and O–H groups in total. The van der Waals surface area contributed by atoms with Crippen LogP contribution in [0.3, 0.4) is 0 Å². The third-order valence-corrected chi connectivity index (χ3v) is 12.2. The molecular formula is C58H38N2O. The normalized spacial score (nSPS) is 11.6. The molecule has 0 aliphatic rings. The lowest BCUT2D eigenvalue weighted by molar-refractivity contribution is 0.635. The Morgan fingerprint density at radius 1 is 0.311 bits per heavy atom. The van der Waals surface area contributed by atoms with Crippen molar-refractivity contribution in [3.8, 4) is 39.3 Å². The highest BCUT2D eigenvalue weighted by Gasteiger charge is 2.18. The summed E-state index contributed by atoms with van der Waals surface area (Å²) in [6, 6.07) is 82.9. The molecule has 2 aromatic heterocycles. The molecule has 3 nitrogen and oxygen atoms in total. The molecule has 0 saturated carbocycles. The van der Waals surface area contributed by atoms with E-state index in [1.807, 2.05) is 18.2 Å². The van der Waals surface area contributed by atoms with Gasteiger partial charge in [0.1, 0.15) is 11.3 Å². The minimum Gasteiger partial charge on any atom is -0.455 e. The molecule has 0 radical (unpaired) electrons. The molecule has 0 bridgehead atoms. The van der Waals surface area contributed by atoms with Crippen molar-refractivity contribution < 1.29 is 4.42 Å². The lowest BCUT2D eigenvalue weighted by Gasteiger charge is -2.26. The smallest absolute Gasteiger partial charge is 0.142 e. The van der Waals surface area contributed by atoms with Crippen LogP contribution in [0.15, 0.2) is 235 Å². The monoisotopic (exact) mass is 778 g/mol. The van der Waals surface area contributed by atoms with E-state index >= 15 is 0 Å². The summed E-state index contributed by atoms with van der Waals surface area (Å²) in [5.74, 6) is 0.886. The van der Waals surface area contributed by atoms with Crippen molar-refractivity contribution in [3.63, 3.8) is 0 Å². The highest BCUT2D eigenvalue weighted by Crippen LogP contribution is 2.42. The quantitative estimate of drug-likeness (QED) is 0.161. The predicted molar refractivity (Wildman–Crippen MR) is 257 cm³/mol. The summed E-state index contributed by atoms with van der Waals surface area (Å²) in [6.45, 7) is 0. The summed E-state index contributed by atoms with van der Waals surface area (Å²) in [5.41, 5.74) is 13.5. The van der Waals surface area contributed by atoms with Crippen LogP contribution in [0.25, 0.3) is 93.6 Å². The molecule has 0 atom stereocenters. The molecule has 0 aliphatic heterocycles. The molecule has 0 saturated heterocycles. The van der Waals surface area contributed by atoms with Crippen molar-refractivity contribution in [2.24, 2.45) is 0 Å². The lowest BCUT2D eigenvalue weighted by atomic mass is 9.99. The molecule has 0 aliphatic carbocycles. The van der Waals surface area contributed by atoms with Crippen LogP contribution >= 0.6 is 0 Å². The molecule has 0 unspecified atom stereocenters. The van der Waals surface area contributed by atoms with Crippen molar-refractivity contribution in [2.75, 3.05) is 4.90 Å². The van der Waals surface area contributed by atoms with Gasteiger partial charge in [0.2, 0.25) is 0 Å². The Morgan fingerprint density at radius 3 is 1.62 bits per heavy atom. The van der Waals surface area contributed by atoms with Crippen LogP contribution in [0.2, 0.25) is 0 Å². The van der Waals surface area contributed by atoms with Crippen LogP contribution in [0.1, 0.15) is 0 Å². The summed E-state index contributed by atoms with van der Waals surface area (Å²) >= 11 is 0. The van der Waals surface area contributed by atoms with E-state index in [4.69, 9.17) is 4.42 Å². The summed E-state index contributed by atoms with van der Waals surface area (Å²) in [5, 5.41) is 8.30. The van der Waals surface area contributed by atoms with Gasteiger partial charge in [-0.3, -0.25) is 0 Å². The second kappa shape index (κ2) is 14.3. The van der Waals surface area contributed by atoms with Gasteiger partial charge in [-0.05, 0) is 123 Å². The first-order chi connectivity index (χ1) is 30.2. The molecule has 61 heavy (non-hydrogen) atoms. The Kier molecular flexibility index (Phi) is 8.17. The van der Waals surface area contributed by atoms with E-state index < -0.39 is 0 Å². The number of hydrogen-bond donors (Lipinski definition) is 0. The molecular weight excluding hydrogens is 741 g/mol. The van der Waals surface area contributed by atoms with Crippen molar-refractivity contribution in [3.05, 3.63) is 231 Å². The number of aromatic nitrogens is 1. The first kappa shape index (κ1) is 34.9. The fourth-order valence-electron chi connectivity index (χ4n) is 9.13. The first-order valence-corrected chi connectivity index (χ1v) is 20.8. The molecule has 12 aromatic rings. The molecule has 0 spiro atoms. The highest BCUT2D eigenvalue weighted by atomic mass is 16.3. The predicted octanol–water partition coefficient (Wildman–Crippen LogP) is 16.3. The molecule has 10 aromatic carbocycles. The number of anilines is 3. The Hall–Kier alpha value is -8.14.